The molecule has 2 heterocycles. The van der Waals surface area contributed by atoms with Crippen LogP contribution in [0.3, 0.4) is 0 Å². The highest BCUT2D eigenvalue weighted by Gasteiger charge is 2.32. The molecule has 2 aliphatic rings. The third-order valence-electron chi connectivity index (χ3n) is 5.70. The summed E-state index contributed by atoms with van der Waals surface area (Å²) in [5, 5.41) is 2.82. The Kier molecular flexibility index (Phi) is 6.13. The highest BCUT2D eigenvalue weighted by molar-refractivity contribution is 7.13. The monoisotopic (exact) mass is 413 g/mol. The number of thiazole rings is 1. The molecule has 1 aliphatic carbocycles. The number of carbonyl (C=O) groups is 2. The Morgan fingerprint density at radius 1 is 1.14 bits per heavy atom. The lowest BCUT2D eigenvalue weighted by molar-refractivity contribution is -0.143. The van der Waals surface area contributed by atoms with Crippen LogP contribution in [-0.4, -0.2) is 59.4 Å². The largest absolute Gasteiger partial charge is 0.493 e. The highest BCUT2D eigenvalue weighted by atomic mass is 32.1. The van der Waals surface area contributed by atoms with Gasteiger partial charge in [0.05, 0.1) is 24.3 Å². The lowest BCUT2D eigenvalue weighted by Gasteiger charge is -2.38. The van der Waals surface area contributed by atoms with Crippen molar-refractivity contribution in [2.24, 2.45) is 5.92 Å². The summed E-state index contributed by atoms with van der Waals surface area (Å²) in [6.45, 7) is 5.07. The molecule has 1 saturated heterocycles. The second kappa shape index (κ2) is 8.95. The number of amides is 2. The first-order valence-electron chi connectivity index (χ1n) is 10.4. The Labute approximate surface area is 175 Å². The van der Waals surface area contributed by atoms with Gasteiger partial charge in [0.1, 0.15) is 10.8 Å². The number of nitrogens with zero attached hydrogens (tertiary/aromatic N) is 3. The molecule has 1 saturated carbocycles. The minimum Gasteiger partial charge on any atom is -0.493 e. The predicted molar refractivity (Wildman–Crippen MR) is 113 cm³/mol. The number of ether oxygens (including phenoxy) is 1. The van der Waals surface area contributed by atoms with Gasteiger partial charge in [-0.05, 0) is 31.9 Å². The summed E-state index contributed by atoms with van der Waals surface area (Å²) < 4.78 is 5.69. The summed E-state index contributed by atoms with van der Waals surface area (Å²) in [5.74, 6) is 1.40. The topological polar surface area (TPSA) is 62.7 Å². The second-order valence-electron chi connectivity index (χ2n) is 7.58. The number of benzene rings is 1. The molecule has 1 aliphatic heterocycles. The maximum absolute atomic E-state index is 12.7. The van der Waals surface area contributed by atoms with E-state index in [-0.39, 0.29) is 17.7 Å². The molecule has 1 aromatic heterocycles. The van der Waals surface area contributed by atoms with Crippen LogP contribution >= 0.6 is 11.3 Å². The van der Waals surface area contributed by atoms with Crippen LogP contribution in [0.5, 0.6) is 5.75 Å². The zero-order valence-electron chi connectivity index (χ0n) is 16.8. The Balaban J connectivity index is 1.33. The van der Waals surface area contributed by atoms with Crippen LogP contribution in [0.4, 0.5) is 0 Å². The average molecular weight is 414 g/mol. The van der Waals surface area contributed by atoms with Crippen LogP contribution in [0, 0.1) is 5.92 Å². The summed E-state index contributed by atoms with van der Waals surface area (Å²) in [5.41, 5.74) is 1.75. The molecule has 7 heteroatoms. The van der Waals surface area contributed by atoms with Gasteiger partial charge in [-0.2, -0.15) is 0 Å². The van der Waals surface area contributed by atoms with Gasteiger partial charge in [0.25, 0.3) is 0 Å². The maximum Gasteiger partial charge on any atom is 0.228 e. The molecule has 0 spiro atoms. The molecule has 0 unspecified atom stereocenters. The molecule has 0 radical (unpaired) electrons. The Morgan fingerprint density at radius 3 is 2.55 bits per heavy atom. The lowest BCUT2D eigenvalue weighted by atomic mass is 9.84. The van der Waals surface area contributed by atoms with Crippen molar-refractivity contribution < 1.29 is 14.3 Å². The van der Waals surface area contributed by atoms with E-state index in [1.54, 1.807) is 0 Å². The number of hydrogen-bond donors (Lipinski definition) is 0. The fraction of sp³-hybridized carbons (Fsp3) is 0.500. The molecule has 2 fully saturated rings. The summed E-state index contributed by atoms with van der Waals surface area (Å²) in [6.07, 6.45) is 3.51. The molecule has 2 aromatic rings. The van der Waals surface area contributed by atoms with Gasteiger partial charge >= 0.3 is 0 Å². The van der Waals surface area contributed by atoms with Crippen molar-refractivity contribution in [1.29, 1.82) is 0 Å². The first-order valence-corrected chi connectivity index (χ1v) is 11.3. The van der Waals surface area contributed by atoms with E-state index in [2.05, 4.69) is 4.98 Å². The van der Waals surface area contributed by atoms with Crippen LogP contribution in [0.25, 0.3) is 10.6 Å². The summed E-state index contributed by atoms with van der Waals surface area (Å²) in [6, 6.07) is 7.85. The van der Waals surface area contributed by atoms with Crippen LogP contribution in [0.1, 0.15) is 31.9 Å². The van der Waals surface area contributed by atoms with Crippen molar-refractivity contribution >= 4 is 23.2 Å². The smallest absolute Gasteiger partial charge is 0.228 e. The van der Waals surface area contributed by atoms with Crippen LogP contribution in [0.15, 0.2) is 29.6 Å². The van der Waals surface area contributed by atoms with Crippen molar-refractivity contribution in [1.82, 2.24) is 14.8 Å². The first kappa shape index (κ1) is 19.9. The van der Waals surface area contributed by atoms with Gasteiger partial charge in [0.2, 0.25) is 11.8 Å². The van der Waals surface area contributed by atoms with Crippen LogP contribution in [0.2, 0.25) is 0 Å². The third-order valence-corrected chi connectivity index (χ3v) is 6.62. The van der Waals surface area contributed by atoms with E-state index in [4.69, 9.17) is 4.74 Å². The third kappa shape index (κ3) is 4.45. The van der Waals surface area contributed by atoms with Gasteiger partial charge in [-0.3, -0.25) is 9.59 Å². The number of para-hydroxylation sites is 1. The van der Waals surface area contributed by atoms with Gasteiger partial charge in [-0.25, -0.2) is 4.98 Å². The van der Waals surface area contributed by atoms with Gasteiger partial charge in [-0.1, -0.05) is 18.6 Å². The zero-order valence-corrected chi connectivity index (χ0v) is 17.6. The molecule has 154 valence electrons. The van der Waals surface area contributed by atoms with E-state index >= 15 is 0 Å². The number of piperazine rings is 1. The van der Waals surface area contributed by atoms with E-state index in [1.165, 1.54) is 17.8 Å². The van der Waals surface area contributed by atoms with Gasteiger partial charge < -0.3 is 14.5 Å². The van der Waals surface area contributed by atoms with E-state index in [0.717, 1.165) is 34.9 Å². The number of hydrogen-bond acceptors (Lipinski definition) is 5. The fourth-order valence-corrected chi connectivity index (χ4v) is 4.64. The highest BCUT2D eigenvalue weighted by Crippen LogP contribution is 2.32. The SMILES string of the molecule is CCOc1ccccc1-c1nc(CC(=O)N2CCN(C(=O)C3CCC3)CC2)cs1. The molecular formula is C22H27N3O3S. The number of aromatic nitrogens is 1. The van der Waals surface area contributed by atoms with Gasteiger partial charge in [-0.15, -0.1) is 11.3 Å². The van der Waals surface area contributed by atoms with E-state index in [1.807, 2.05) is 46.4 Å². The summed E-state index contributed by atoms with van der Waals surface area (Å²) in [7, 11) is 0. The molecule has 6 nitrogen and oxygen atoms in total. The standard InChI is InChI=1S/C22H27N3O3S/c1-2-28-19-9-4-3-8-18(19)21-23-17(15-29-21)14-20(26)24-10-12-25(13-11-24)22(27)16-6-5-7-16/h3-4,8-9,15-16H,2,5-7,10-14H2,1H3. The number of rotatable bonds is 6. The second-order valence-corrected chi connectivity index (χ2v) is 8.44. The van der Waals surface area contributed by atoms with Crippen LogP contribution < -0.4 is 4.74 Å². The Morgan fingerprint density at radius 2 is 1.86 bits per heavy atom. The quantitative estimate of drug-likeness (QED) is 0.730. The van der Waals surface area contributed by atoms with Crippen molar-refractivity contribution in [2.75, 3.05) is 32.8 Å². The van der Waals surface area contributed by atoms with Crippen molar-refractivity contribution in [3.63, 3.8) is 0 Å². The Hall–Kier alpha value is -2.41. The normalized spacial score (nSPS) is 17.1. The van der Waals surface area contributed by atoms with Crippen molar-refractivity contribution in [2.45, 2.75) is 32.6 Å². The minimum atomic E-state index is 0.0793. The molecular weight excluding hydrogens is 386 g/mol. The molecule has 0 N–H and O–H groups in total. The summed E-state index contributed by atoms with van der Waals surface area (Å²) in [4.78, 5) is 33.5. The van der Waals surface area contributed by atoms with Crippen molar-refractivity contribution in [3.8, 4) is 16.3 Å². The molecule has 2 amide bonds. The summed E-state index contributed by atoms with van der Waals surface area (Å²) >= 11 is 1.53. The average Bonchev–Trinajstić information content (AvgIpc) is 3.15. The zero-order chi connectivity index (χ0) is 20.2. The Bertz CT molecular complexity index is 870. The molecule has 1 aromatic carbocycles. The van der Waals surface area contributed by atoms with E-state index in [0.29, 0.717) is 39.2 Å². The predicted octanol–water partition coefficient (Wildman–Crippen LogP) is 3.22. The van der Waals surface area contributed by atoms with Crippen LogP contribution in [-0.2, 0) is 16.0 Å². The number of carbonyl (C=O) groups excluding carboxylic acids is 2. The minimum absolute atomic E-state index is 0.0793. The fourth-order valence-electron chi connectivity index (χ4n) is 3.79. The molecule has 0 bridgehead atoms. The van der Waals surface area contributed by atoms with E-state index in [9.17, 15) is 9.59 Å². The van der Waals surface area contributed by atoms with E-state index < -0.39 is 0 Å². The molecule has 29 heavy (non-hydrogen) atoms. The van der Waals surface area contributed by atoms with Gasteiger partial charge in [0.15, 0.2) is 0 Å². The van der Waals surface area contributed by atoms with Crippen molar-refractivity contribution in [3.05, 3.63) is 35.3 Å². The first-order chi connectivity index (χ1) is 14.2. The van der Waals surface area contributed by atoms with Gasteiger partial charge in [0, 0.05) is 37.5 Å². The molecule has 4 rings (SSSR count). The lowest BCUT2D eigenvalue weighted by Crippen LogP contribution is -2.52. The molecule has 0 atom stereocenters. The maximum atomic E-state index is 12.7.